The first-order valence-electron chi connectivity index (χ1n) is 8.37. The molecule has 1 amide bonds. The number of benzene rings is 1. The van der Waals surface area contributed by atoms with Crippen molar-refractivity contribution >= 4 is 17.3 Å². The van der Waals surface area contributed by atoms with Crippen molar-refractivity contribution < 1.29 is 4.79 Å². The number of hydrogen-bond acceptors (Lipinski definition) is 2. The fraction of sp³-hybridized carbons (Fsp3) is 0.611. The summed E-state index contributed by atoms with van der Waals surface area (Å²) in [4.78, 5) is 14.3. The quantitative estimate of drug-likeness (QED) is 0.804. The number of nitrogens with one attached hydrogen (secondary N) is 1. The van der Waals surface area contributed by atoms with Gasteiger partial charge in [0.1, 0.15) is 0 Å². The van der Waals surface area contributed by atoms with Gasteiger partial charge in [-0.3, -0.25) is 4.79 Å². The highest BCUT2D eigenvalue weighted by molar-refractivity contribution is 5.90. The summed E-state index contributed by atoms with van der Waals surface area (Å²) >= 11 is 0. The van der Waals surface area contributed by atoms with Crippen LogP contribution in [0.4, 0.5) is 11.4 Å². The van der Waals surface area contributed by atoms with E-state index in [4.69, 9.17) is 0 Å². The fourth-order valence-corrected chi connectivity index (χ4v) is 3.20. The second-order valence-corrected chi connectivity index (χ2v) is 5.96. The van der Waals surface area contributed by atoms with E-state index >= 15 is 0 Å². The largest absolute Gasteiger partial charge is 0.372 e. The van der Waals surface area contributed by atoms with Crippen molar-refractivity contribution in [1.82, 2.24) is 0 Å². The first-order chi connectivity index (χ1) is 10.2. The third kappa shape index (κ3) is 4.76. The van der Waals surface area contributed by atoms with E-state index in [1.54, 1.807) is 0 Å². The minimum Gasteiger partial charge on any atom is -0.372 e. The molecule has 1 saturated carbocycles. The minimum absolute atomic E-state index is 0.150. The van der Waals surface area contributed by atoms with Crippen molar-refractivity contribution in [1.29, 1.82) is 0 Å². The average Bonchev–Trinajstić information content (AvgIpc) is 3.01. The highest BCUT2D eigenvalue weighted by Crippen LogP contribution is 2.28. The molecular formula is C18H28N2O. The number of hydrogen-bond donors (Lipinski definition) is 1. The second-order valence-electron chi connectivity index (χ2n) is 5.96. The second kappa shape index (κ2) is 8.06. The zero-order valence-electron chi connectivity index (χ0n) is 13.4. The first-order valence-corrected chi connectivity index (χ1v) is 8.37. The first kappa shape index (κ1) is 15.9. The van der Waals surface area contributed by atoms with E-state index in [0.717, 1.165) is 31.1 Å². The summed E-state index contributed by atoms with van der Waals surface area (Å²) in [6.45, 7) is 6.32. The van der Waals surface area contributed by atoms with Gasteiger partial charge in [-0.05, 0) is 50.5 Å². The van der Waals surface area contributed by atoms with Crippen molar-refractivity contribution in [2.75, 3.05) is 23.3 Å². The maximum atomic E-state index is 12.0. The molecular weight excluding hydrogens is 260 g/mol. The van der Waals surface area contributed by atoms with Crippen LogP contribution in [0.2, 0.25) is 0 Å². The molecule has 3 heteroatoms. The van der Waals surface area contributed by atoms with E-state index in [1.165, 1.54) is 31.4 Å². The Bertz CT molecular complexity index is 431. The zero-order valence-corrected chi connectivity index (χ0v) is 13.4. The Balaban J connectivity index is 1.80. The standard InChI is InChI=1S/C18H28N2O/c1-3-20(4-2)17-12-10-16(11-13-17)19-18(21)14-9-15-7-5-6-8-15/h10-13,15H,3-9,14H2,1-2H3,(H,19,21). The van der Waals surface area contributed by atoms with E-state index in [9.17, 15) is 4.79 Å². The lowest BCUT2D eigenvalue weighted by Gasteiger charge is -2.21. The highest BCUT2D eigenvalue weighted by Gasteiger charge is 2.16. The molecule has 0 atom stereocenters. The third-order valence-electron chi connectivity index (χ3n) is 4.53. The summed E-state index contributed by atoms with van der Waals surface area (Å²) < 4.78 is 0. The van der Waals surface area contributed by atoms with Crippen molar-refractivity contribution in [3.05, 3.63) is 24.3 Å². The van der Waals surface area contributed by atoms with Crippen LogP contribution in [-0.2, 0) is 4.79 Å². The van der Waals surface area contributed by atoms with Gasteiger partial charge in [-0.25, -0.2) is 0 Å². The van der Waals surface area contributed by atoms with Crippen LogP contribution >= 0.6 is 0 Å². The summed E-state index contributed by atoms with van der Waals surface area (Å²) in [6.07, 6.45) is 7.02. The molecule has 1 aromatic rings. The molecule has 0 radical (unpaired) electrons. The van der Waals surface area contributed by atoms with Crippen LogP contribution < -0.4 is 10.2 Å². The number of anilines is 2. The maximum absolute atomic E-state index is 12.0. The molecule has 1 aromatic carbocycles. The molecule has 1 aliphatic carbocycles. The lowest BCUT2D eigenvalue weighted by Crippen LogP contribution is -2.21. The molecule has 21 heavy (non-hydrogen) atoms. The summed E-state index contributed by atoms with van der Waals surface area (Å²) in [6, 6.07) is 8.17. The smallest absolute Gasteiger partial charge is 0.224 e. The third-order valence-corrected chi connectivity index (χ3v) is 4.53. The number of amides is 1. The minimum atomic E-state index is 0.150. The van der Waals surface area contributed by atoms with Crippen LogP contribution in [0.15, 0.2) is 24.3 Å². The van der Waals surface area contributed by atoms with Gasteiger partial charge in [0.25, 0.3) is 0 Å². The Kier molecular flexibility index (Phi) is 6.09. The summed E-state index contributed by atoms with van der Waals surface area (Å²) in [7, 11) is 0. The highest BCUT2D eigenvalue weighted by atomic mass is 16.1. The summed E-state index contributed by atoms with van der Waals surface area (Å²) in [5.41, 5.74) is 2.12. The SMILES string of the molecule is CCN(CC)c1ccc(NC(=O)CCC2CCCC2)cc1. The summed E-state index contributed by atoms with van der Waals surface area (Å²) in [5.74, 6) is 0.929. The topological polar surface area (TPSA) is 32.3 Å². The molecule has 1 aliphatic rings. The predicted octanol–water partition coefficient (Wildman–Crippen LogP) is 4.44. The van der Waals surface area contributed by atoms with Gasteiger partial charge in [0.05, 0.1) is 0 Å². The van der Waals surface area contributed by atoms with Crippen LogP contribution in [0, 0.1) is 5.92 Å². The molecule has 0 aliphatic heterocycles. The van der Waals surface area contributed by atoms with Crippen molar-refractivity contribution in [3.63, 3.8) is 0 Å². The van der Waals surface area contributed by atoms with Crippen LogP contribution in [0.1, 0.15) is 52.4 Å². The van der Waals surface area contributed by atoms with Crippen molar-refractivity contribution in [2.24, 2.45) is 5.92 Å². The molecule has 0 spiro atoms. The number of carbonyl (C=O) groups excluding carboxylic acids is 1. The van der Waals surface area contributed by atoms with Gasteiger partial charge in [-0.15, -0.1) is 0 Å². The molecule has 0 unspecified atom stereocenters. The Morgan fingerprint density at radius 1 is 1.14 bits per heavy atom. The Morgan fingerprint density at radius 2 is 1.76 bits per heavy atom. The van der Waals surface area contributed by atoms with E-state index in [1.807, 2.05) is 12.1 Å². The molecule has 0 heterocycles. The maximum Gasteiger partial charge on any atom is 0.224 e. The number of rotatable bonds is 7. The van der Waals surface area contributed by atoms with Gasteiger partial charge in [-0.2, -0.15) is 0 Å². The van der Waals surface area contributed by atoms with E-state index < -0.39 is 0 Å². The van der Waals surface area contributed by atoms with Crippen LogP contribution in [-0.4, -0.2) is 19.0 Å². The monoisotopic (exact) mass is 288 g/mol. The van der Waals surface area contributed by atoms with Gasteiger partial charge in [-0.1, -0.05) is 25.7 Å². The molecule has 1 fully saturated rings. The lowest BCUT2D eigenvalue weighted by molar-refractivity contribution is -0.116. The Morgan fingerprint density at radius 3 is 2.33 bits per heavy atom. The van der Waals surface area contributed by atoms with Gasteiger partial charge in [0.2, 0.25) is 5.91 Å². The number of carbonyl (C=O) groups is 1. The molecule has 0 aromatic heterocycles. The molecule has 116 valence electrons. The van der Waals surface area contributed by atoms with Crippen LogP contribution in [0.3, 0.4) is 0 Å². The average molecular weight is 288 g/mol. The Hall–Kier alpha value is -1.51. The van der Waals surface area contributed by atoms with Gasteiger partial charge < -0.3 is 10.2 Å². The molecule has 1 N–H and O–H groups in total. The zero-order chi connectivity index (χ0) is 15.1. The van der Waals surface area contributed by atoms with E-state index in [2.05, 4.69) is 36.2 Å². The molecule has 0 saturated heterocycles. The van der Waals surface area contributed by atoms with Gasteiger partial charge >= 0.3 is 0 Å². The van der Waals surface area contributed by atoms with Crippen molar-refractivity contribution in [3.8, 4) is 0 Å². The molecule has 2 rings (SSSR count). The molecule has 0 bridgehead atoms. The van der Waals surface area contributed by atoms with Gasteiger partial charge in [0, 0.05) is 30.9 Å². The molecule has 3 nitrogen and oxygen atoms in total. The summed E-state index contributed by atoms with van der Waals surface area (Å²) in [5, 5.41) is 3.01. The number of nitrogens with zero attached hydrogens (tertiary/aromatic N) is 1. The van der Waals surface area contributed by atoms with E-state index in [0.29, 0.717) is 6.42 Å². The Labute approximate surface area is 128 Å². The lowest BCUT2D eigenvalue weighted by atomic mass is 10.0. The van der Waals surface area contributed by atoms with Gasteiger partial charge in [0.15, 0.2) is 0 Å². The van der Waals surface area contributed by atoms with Crippen molar-refractivity contribution in [2.45, 2.75) is 52.4 Å². The van der Waals surface area contributed by atoms with Crippen LogP contribution in [0.25, 0.3) is 0 Å². The fourth-order valence-electron chi connectivity index (χ4n) is 3.20. The normalized spacial score (nSPS) is 15.1. The predicted molar refractivity (Wildman–Crippen MR) is 89.8 cm³/mol. The van der Waals surface area contributed by atoms with Crippen LogP contribution in [0.5, 0.6) is 0 Å². The van der Waals surface area contributed by atoms with E-state index in [-0.39, 0.29) is 5.91 Å².